The minimum atomic E-state index is -0.659. The molecule has 3 aromatic rings. The molecule has 5 N–H and O–H groups in total. The number of anilines is 1. The minimum Gasteiger partial charge on any atom is -0.667 e. The number of benzene rings is 1. The van der Waals surface area contributed by atoms with E-state index in [1.165, 1.54) is 0 Å². The van der Waals surface area contributed by atoms with Gasteiger partial charge in [-0.3, -0.25) is 0 Å². The molecule has 2 aliphatic carbocycles. The molecule has 2 heterocycles. The van der Waals surface area contributed by atoms with Crippen LogP contribution in [0.3, 0.4) is 0 Å². The molecule has 2 aliphatic rings. The molecule has 242 valence electrons. The molecule has 0 saturated heterocycles. The summed E-state index contributed by atoms with van der Waals surface area (Å²) in [7, 11) is 0. The molecule has 0 amide bonds. The number of aryl methyl sites for hydroxylation is 1. The number of rotatable bonds is 12. The second-order valence-corrected chi connectivity index (χ2v) is 13.1. The Kier molecular flexibility index (Phi) is 11.5. The van der Waals surface area contributed by atoms with Crippen molar-refractivity contribution in [3.63, 3.8) is 0 Å². The van der Waals surface area contributed by atoms with Crippen molar-refractivity contribution in [1.82, 2.24) is 9.97 Å². The van der Waals surface area contributed by atoms with Crippen LogP contribution in [0.15, 0.2) is 54.9 Å². The van der Waals surface area contributed by atoms with Gasteiger partial charge in [0.1, 0.15) is 5.82 Å². The van der Waals surface area contributed by atoms with Crippen LogP contribution in [0.4, 0.5) is 5.82 Å². The molecule has 0 bridgehead atoms. The second-order valence-electron chi connectivity index (χ2n) is 13.1. The van der Waals surface area contributed by atoms with Crippen molar-refractivity contribution < 1.29 is 20.1 Å². The Bertz CT molecular complexity index is 1410. The van der Waals surface area contributed by atoms with Gasteiger partial charge < -0.3 is 30.8 Å². The molecule has 0 radical (unpaired) electrons. The van der Waals surface area contributed by atoms with Gasteiger partial charge in [-0.25, -0.2) is 4.98 Å². The third kappa shape index (κ3) is 8.23. The number of pyridine rings is 1. The lowest BCUT2D eigenvalue weighted by atomic mass is 9.67. The Morgan fingerprint density at radius 2 is 1.91 bits per heavy atom. The summed E-state index contributed by atoms with van der Waals surface area (Å²) in [5.41, 5.74) is 9.27. The minimum absolute atomic E-state index is 0.0950. The Balaban J connectivity index is 1.25. The van der Waals surface area contributed by atoms with Crippen LogP contribution in [0, 0.1) is 23.7 Å². The number of nitrogens with zero attached hydrogens (tertiary/aromatic N) is 2. The Hall–Kier alpha value is -3.47. The largest absolute Gasteiger partial charge is 0.667 e. The van der Waals surface area contributed by atoms with Crippen LogP contribution in [0.25, 0.3) is 0 Å². The molecule has 0 unspecified atom stereocenters. The van der Waals surface area contributed by atoms with Crippen LogP contribution in [0.1, 0.15) is 107 Å². The van der Waals surface area contributed by atoms with Gasteiger partial charge in [0.25, 0.3) is 0 Å². The Morgan fingerprint density at radius 1 is 1.09 bits per heavy atom. The van der Waals surface area contributed by atoms with Crippen LogP contribution in [-0.4, -0.2) is 39.1 Å². The van der Waals surface area contributed by atoms with E-state index in [9.17, 15) is 15.3 Å². The average molecular weight is 613 g/mol. The normalized spacial score (nSPS) is 23.0. The second kappa shape index (κ2) is 15.7. The number of aliphatic hydroxyl groups is 2. The van der Waals surface area contributed by atoms with Crippen molar-refractivity contribution >= 4 is 5.82 Å². The Morgan fingerprint density at radius 3 is 2.67 bits per heavy atom. The number of hydrogen-bond donors (Lipinski definition) is 4. The quantitative estimate of drug-likeness (QED) is 0.169. The van der Waals surface area contributed by atoms with Crippen LogP contribution in [0.5, 0.6) is 11.5 Å². The van der Waals surface area contributed by atoms with Crippen LogP contribution in [0.2, 0.25) is 0 Å². The van der Waals surface area contributed by atoms with E-state index < -0.39 is 12.2 Å². The van der Waals surface area contributed by atoms with Crippen molar-refractivity contribution in [3.8, 4) is 23.3 Å². The number of phenolic OH excluding ortho intramolecular Hbond substituents is 1. The van der Waals surface area contributed by atoms with Crippen molar-refractivity contribution in [2.75, 3.05) is 12.3 Å². The lowest BCUT2D eigenvalue weighted by molar-refractivity contribution is 0.00559. The molecule has 5 atom stereocenters. The van der Waals surface area contributed by atoms with Gasteiger partial charge in [-0.05, 0) is 98.1 Å². The van der Waals surface area contributed by atoms with Gasteiger partial charge in [-0.15, -0.1) is 5.92 Å². The predicted molar refractivity (Wildman–Crippen MR) is 178 cm³/mol. The summed E-state index contributed by atoms with van der Waals surface area (Å²) in [6.45, 7) is 2.59. The summed E-state index contributed by atoms with van der Waals surface area (Å²) in [6.07, 6.45) is 14.1. The van der Waals surface area contributed by atoms with Gasteiger partial charge >= 0.3 is 0 Å². The highest BCUT2D eigenvalue weighted by atomic mass is 16.5. The average Bonchev–Trinajstić information content (AvgIpc) is 3.76. The monoisotopic (exact) mass is 612 g/mol. The van der Waals surface area contributed by atoms with E-state index in [1.54, 1.807) is 12.3 Å². The highest BCUT2D eigenvalue weighted by molar-refractivity contribution is 5.42. The maximum absolute atomic E-state index is 11.1. The van der Waals surface area contributed by atoms with Crippen molar-refractivity contribution in [2.45, 2.75) is 114 Å². The maximum atomic E-state index is 11.1. The first-order chi connectivity index (χ1) is 21.9. The summed E-state index contributed by atoms with van der Waals surface area (Å²) in [5.74, 6) is 7.97. The zero-order valence-electron chi connectivity index (χ0n) is 26.7. The fourth-order valence-electron chi connectivity index (χ4n) is 7.66. The van der Waals surface area contributed by atoms with Crippen LogP contribution in [-0.2, 0) is 11.8 Å². The van der Waals surface area contributed by atoms with E-state index >= 15 is 0 Å². The Labute approximate surface area is 268 Å². The van der Waals surface area contributed by atoms with Crippen LogP contribution >= 0.6 is 0 Å². The van der Waals surface area contributed by atoms with Gasteiger partial charge in [0.05, 0.1) is 18.8 Å². The predicted octanol–water partition coefficient (Wildman–Crippen LogP) is 6.66. The van der Waals surface area contributed by atoms with Gasteiger partial charge in [0.2, 0.25) is 0 Å². The first-order valence-corrected chi connectivity index (χ1v) is 17.0. The summed E-state index contributed by atoms with van der Waals surface area (Å²) >= 11 is 0. The lowest BCUT2D eigenvalue weighted by Crippen LogP contribution is -2.33. The summed E-state index contributed by atoms with van der Waals surface area (Å²) < 4.78 is 6.26. The molecular weight excluding hydrogens is 562 g/mol. The zero-order chi connectivity index (χ0) is 31.6. The number of aromatic hydroxyl groups is 1. The molecular formula is C38H50N3O4-. The van der Waals surface area contributed by atoms with E-state index in [2.05, 4.69) is 35.9 Å². The maximum Gasteiger partial charge on any atom is 0.161 e. The number of aliphatic hydroxyl groups excluding tert-OH is 2. The number of ether oxygens (including phenoxy) is 1. The highest BCUT2D eigenvalue weighted by Gasteiger charge is 2.41. The molecule has 7 nitrogen and oxygen atoms in total. The van der Waals surface area contributed by atoms with Crippen molar-refractivity contribution in [3.05, 3.63) is 71.7 Å². The molecule has 45 heavy (non-hydrogen) atoms. The third-order valence-electron chi connectivity index (χ3n) is 10.3. The summed E-state index contributed by atoms with van der Waals surface area (Å²) in [5, 5.41) is 32.7. The fraction of sp³-hybridized carbons (Fsp3) is 0.553. The molecule has 2 aromatic heterocycles. The number of aromatic nitrogens is 2. The molecule has 0 spiro atoms. The van der Waals surface area contributed by atoms with E-state index in [-0.39, 0.29) is 23.0 Å². The van der Waals surface area contributed by atoms with Crippen LogP contribution < -0.4 is 15.5 Å². The number of phenols is 1. The van der Waals surface area contributed by atoms with Crippen molar-refractivity contribution in [1.29, 1.82) is 0 Å². The first kappa shape index (κ1) is 32.9. The van der Waals surface area contributed by atoms with E-state index in [0.717, 1.165) is 74.6 Å². The van der Waals surface area contributed by atoms with E-state index in [0.29, 0.717) is 49.8 Å². The van der Waals surface area contributed by atoms with Gasteiger partial charge in [0.15, 0.2) is 11.5 Å². The molecule has 0 aliphatic heterocycles. The fourth-order valence-corrected chi connectivity index (χ4v) is 7.66. The zero-order valence-corrected chi connectivity index (χ0v) is 26.7. The first-order valence-electron chi connectivity index (χ1n) is 17.0. The summed E-state index contributed by atoms with van der Waals surface area (Å²) in [4.78, 5) is 8.99. The summed E-state index contributed by atoms with van der Waals surface area (Å²) in [6, 6.07) is 13.6. The number of nitrogens with two attached hydrogens (primary N) is 1. The van der Waals surface area contributed by atoms with Gasteiger partial charge in [0, 0.05) is 24.5 Å². The molecule has 1 aromatic carbocycles. The smallest absolute Gasteiger partial charge is 0.161 e. The van der Waals surface area contributed by atoms with E-state index in [1.807, 2.05) is 30.5 Å². The molecule has 1 fully saturated rings. The topological polar surface area (TPSA) is 123 Å². The highest BCUT2D eigenvalue weighted by Crippen LogP contribution is 2.51. The SMILES string of the molecule is CC[C@H]1C#CC[C@H]([C@H](O)CCc2ccc(O)c(OCC[C@H](c3ccnc(N)c3)C3(c4ccc[n-]4)CCCC3)c2)[C@@H](O)CCCC1. The molecule has 7 heteroatoms. The molecule has 5 rings (SSSR count). The van der Waals surface area contributed by atoms with E-state index in [4.69, 9.17) is 15.5 Å². The lowest BCUT2D eigenvalue weighted by Gasteiger charge is -2.42. The van der Waals surface area contributed by atoms with Crippen molar-refractivity contribution in [2.24, 2.45) is 11.8 Å². The standard InChI is InChI=1S/C38H50N3O4/c1-2-27-9-3-4-12-32(42)30(11-7-10-27)33(43)16-14-28-15-17-34(44)35(25-28)45-24-19-31(29-18-23-41-37(39)26-29)38(20-5-6-21-38)36-13-8-22-40-36/h8,13,15,17-18,22-23,25-27,30-33,42-44H,2-6,9,11-12,14,16,19-21,24H2,1H3,(H2,39,41)/q-1/t27-,30+,31-,32+,33-/m1/s1. The van der Waals surface area contributed by atoms with Gasteiger partial charge in [-0.2, -0.15) is 11.9 Å². The molecule has 1 saturated carbocycles. The number of nitrogen functional groups attached to an aromatic ring is 1. The number of hydrogen-bond acceptors (Lipinski definition) is 6. The van der Waals surface area contributed by atoms with Gasteiger partial charge in [-0.1, -0.05) is 56.7 Å². The third-order valence-corrected chi connectivity index (χ3v) is 10.3.